The van der Waals surface area contributed by atoms with E-state index in [1.807, 2.05) is 0 Å². The Balaban J connectivity index is 1.47. The van der Waals surface area contributed by atoms with Crippen molar-refractivity contribution in [3.63, 3.8) is 0 Å². The number of halogens is 3. The second kappa shape index (κ2) is 7.78. The van der Waals surface area contributed by atoms with E-state index in [9.17, 15) is 13.6 Å². The minimum Gasteiger partial charge on any atom is -0.438 e. The molecule has 2 heterocycles. The number of carbonyl (C=O) groups is 1. The van der Waals surface area contributed by atoms with Crippen molar-refractivity contribution in [2.24, 2.45) is 0 Å². The van der Waals surface area contributed by atoms with Gasteiger partial charge >= 0.3 is 0 Å². The van der Waals surface area contributed by atoms with Crippen molar-refractivity contribution in [1.82, 2.24) is 9.88 Å². The third-order valence-corrected chi connectivity index (χ3v) is 5.79. The van der Waals surface area contributed by atoms with Crippen molar-refractivity contribution in [3.05, 3.63) is 88.8 Å². The predicted octanol–water partition coefficient (Wildman–Crippen LogP) is 6.40. The summed E-state index contributed by atoms with van der Waals surface area (Å²) >= 11 is 5.93. The van der Waals surface area contributed by atoms with Crippen molar-refractivity contribution >= 4 is 28.6 Å². The van der Waals surface area contributed by atoms with Gasteiger partial charge in [-0.15, -0.1) is 0 Å². The number of rotatable bonds is 3. The molecule has 0 spiro atoms. The molecule has 3 aromatic carbocycles. The third kappa shape index (κ3) is 3.68. The summed E-state index contributed by atoms with van der Waals surface area (Å²) in [4.78, 5) is 19.4. The van der Waals surface area contributed by atoms with E-state index in [4.69, 9.17) is 16.0 Å². The first-order valence-corrected chi connectivity index (χ1v) is 10.3. The zero-order valence-corrected chi connectivity index (χ0v) is 17.1. The molecular formula is C24H17ClF2N2O2. The largest absolute Gasteiger partial charge is 0.438 e. The lowest BCUT2D eigenvalue weighted by molar-refractivity contribution is 0.0717. The van der Waals surface area contributed by atoms with Crippen molar-refractivity contribution in [2.75, 3.05) is 6.54 Å². The summed E-state index contributed by atoms with van der Waals surface area (Å²) in [5.41, 5.74) is 2.52. The highest BCUT2D eigenvalue weighted by atomic mass is 35.5. The van der Waals surface area contributed by atoms with Gasteiger partial charge in [-0.3, -0.25) is 4.79 Å². The number of carbonyl (C=O) groups excluding carboxylic acids is 1. The molecule has 1 atom stereocenters. The molecule has 156 valence electrons. The maximum absolute atomic E-state index is 14.2. The molecule has 1 fully saturated rings. The minimum atomic E-state index is -0.640. The number of hydrogen-bond acceptors (Lipinski definition) is 3. The number of benzene rings is 3. The van der Waals surface area contributed by atoms with E-state index in [1.54, 1.807) is 47.4 Å². The summed E-state index contributed by atoms with van der Waals surface area (Å²) in [6.07, 6.45) is 1.58. The summed E-state index contributed by atoms with van der Waals surface area (Å²) in [5.74, 6) is -0.918. The lowest BCUT2D eigenvalue weighted by Crippen LogP contribution is -2.30. The van der Waals surface area contributed by atoms with Gasteiger partial charge in [-0.05, 0) is 66.9 Å². The van der Waals surface area contributed by atoms with Crippen LogP contribution in [-0.2, 0) is 0 Å². The molecular weight excluding hydrogens is 422 g/mol. The summed E-state index contributed by atoms with van der Waals surface area (Å²) < 4.78 is 33.4. The normalized spacial score (nSPS) is 16.2. The monoisotopic (exact) mass is 438 g/mol. The standard InChI is InChI=1S/C24H17ClF2N2O2/c25-16-6-3-14(4-7-16)24(30)29-11-1-2-21(29)23-28-20-12-15(5-10-22(20)31-23)18-9-8-17(26)13-19(18)27/h3-10,12-13,21H,1-2,11H2/t21-/m0/s1. The van der Waals surface area contributed by atoms with Crippen LogP contribution in [0.4, 0.5) is 8.78 Å². The second-order valence-corrected chi connectivity index (χ2v) is 7.96. The fraction of sp³-hybridized carbons (Fsp3) is 0.167. The maximum atomic E-state index is 14.2. The molecule has 1 saturated heterocycles. The van der Waals surface area contributed by atoms with Crippen LogP contribution in [0.1, 0.15) is 35.1 Å². The Labute approximate surface area is 182 Å². The zero-order valence-electron chi connectivity index (χ0n) is 16.3. The van der Waals surface area contributed by atoms with Crippen LogP contribution < -0.4 is 0 Å². The van der Waals surface area contributed by atoms with Gasteiger partial charge in [0, 0.05) is 28.8 Å². The lowest BCUT2D eigenvalue weighted by Gasteiger charge is -2.22. The van der Waals surface area contributed by atoms with E-state index in [2.05, 4.69) is 4.98 Å². The van der Waals surface area contributed by atoms with Crippen LogP contribution >= 0.6 is 11.6 Å². The van der Waals surface area contributed by atoms with E-state index in [0.29, 0.717) is 39.7 Å². The molecule has 1 aliphatic rings. The second-order valence-electron chi connectivity index (χ2n) is 7.52. The van der Waals surface area contributed by atoms with Crippen molar-refractivity contribution < 1.29 is 18.0 Å². The Bertz CT molecular complexity index is 1290. The number of aromatic nitrogens is 1. The Morgan fingerprint density at radius 3 is 2.65 bits per heavy atom. The van der Waals surface area contributed by atoms with Gasteiger partial charge in [-0.25, -0.2) is 13.8 Å². The highest BCUT2D eigenvalue weighted by molar-refractivity contribution is 6.30. The number of hydrogen-bond donors (Lipinski definition) is 0. The molecule has 0 saturated carbocycles. The molecule has 0 radical (unpaired) electrons. The molecule has 1 aliphatic heterocycles. The first-order valence-electron chi connectivity index (χ1n) is 9.92. The van der Waals surface area contributed by atoms with Gasteiger partial charge in [0.1, 0.15) is 23.2 Å². The van der Waals surface area contributed by atoms with E-state index >= 15 is 0 Å². The quantitative estimate of drug-likeness (QED) is 0.371. The SMILES string of the molecule is O=C(c1ccc(Cl)cc1)N1CCC[C@H]1c1nc2cc(-c3ccc(F)cc3F)ccc2o1. The van der Waals surface area contributed by atoms with Crippen LogP contribution in [0.2, 0.25) is 5.02 Å². The highest BCUT2D eigenvalue weighted by Gasteiger charge is 2.34. The molecule has 0 aliphatic carbocycles. The average molecular weight is 439 g/mol. The lowest BCUT2D eigenvalue weighted by atomic mass is 10.0. The van der Waals surface area contributed by atoms with Gasteiger partial charge in [0.15, 0.2) is 5.58 Å². The predicted molar refractivity (Wildman–Crippen MR) is 114 cm³/mol. The van der Waals surface area contributed by atoms with Gasteiger partial charge in [-0.2, -0.15) is 0 Å². The van der Waals surface area contributed by atoms with E-state index in [-0.39, 0.29) is 17.5 Å². The molecule has 0 bridgehead atoms. The molecule has 4 aromatic rings. The molecule has 1 amide bonds. The van der Waals surface area contributed by atoms with Crippen LogP contribution in [0.15, 0.2) is 65.1 Å². The first kappa shape index (κ1) is 19.7. The van der Waals surface area contributed by atoms with Crippen molar-refractivity contribution in [2.45, 2.75) is 18.9 Å². The van der Waals surface area contributed by atoms with Crippen LogP contribution in [0.25, 0.3) is 22.2 Å². The van der Waals surface area contributed by atoms with Crippen LogP contribution in [0.5, 0.6) is 0 Å². The van der Waals surface area contributed by atoms with Crippen molar-refractivity contribution in [1.29, 1.82) is 0 Å². The zero-order chi connectivity index (χ0) is 21.5. The summed E-state index contributed by atoms with van der Waals surface area (Å²) in [6, 6.07) is 15.1. The molecule has 1 aromatic heterocycles. The third-order valence-electron chi connectivity index (χ3n) is 5.54. The fourth-order valence-corrected chi connectivity index (χ4v) is 4.13. The number of amides is 1. The number of oxazole rings is 1. The molecule has 0 unspecified atom stereocenters. The fourth-order valence-electron chi connectivity index (χ4n) is 4.00. The number of nitrogens with zero attached hydrogens (tertiary/aromatic N) is 2. The summed E-state index contributed by atoms with van der Waals surface area (Å²) in [7, 11) is 0. The number of fused-ring (bicyclic) bond motifs is 1. The van der Waals surface area contributed by atoms with Gasteiger partial charge in [0.05, 0.1) is 0 Å². The Morgan fingerprint density at radius 2 is 1.87 bits per heavy atom. The molecule has 31 heavy (non-hydrogen) atoms. The number of likely N-dealkylation sites (tertiary alicyclic amines) is 1. The van der Waals surface area contributed by atoms with E-state index in [1.165, 1.54) is 12.1 Å². The molecule has 4 nitrogen and oxygen atoms in total. The Kier molecular flexibility index (Phi) is 4.94. The van der Waals surface area contributed by atoms with Gasteiger partial charge in [0.25, 0.3) is 5.91 Å². The van der Waals surface area contributed by atoms with E-state index < -0.39 is 11.6 Å². The summed E-state index contributed by atoms with van der Waals surface area (Å²) in [5, 5.41) is 0.571. The average Bonchev–Trinajstić information content (AvgIpc) is 3.40. The van der Waals surface area contributed by atoms with Gasteiger partial charge in [0.2, 0.25) is 5.89 Å². The highest BCUT2D eigenvalue weighted by Crippen LogP contribution is 2.35. The Hall–Kier alpha value is -3.25. The molecule has 0 N–H and O–H groups in total. The maximum Gasteiger partial charge on any atom is 0.254 e. The van der Waals surface area contributed by atoms with Gasteiger partial charge in [-0.1, -0.05) is 17.7 Å². The van der Waals surface area contributed by atoms with Crippen LogP contribution in [0, 0.1) is 11.6 Å². The van der Waals surface area contributed by atoms with E-state index in [0.717, 1.165) is 18.9 Å². The van der Waals surface area contributed by atoms with Crippen LogP contribution in [0.3, 0.4) is 0 Å². The van der Waals surface area contributed by atoms with Crippen molar-refractivity contribution in [3.8, 4) is 11.1 Å². The molecule has 5 rings (SSSR count). The Morgan fingerprint density at radius 1 is 1.06 bits per heavy atom. The van der Waals surface area contributed by atoms with Gasteiger partial charge < -0.3 is 9.32 Å². The topological polar surface area (TPSA) is 46.3 Å². The molecule has 7 heteroatoms. The minimum absolute atomic E-state index is 0.101. The first-order chi connectivity index (χ1) is 15.0. The smallest absolute Gasteiger partial charge is 0.254 e. The summed E-state index contributed by atoms with van der Waals surface area (Å²) in [6.45, 7) is 0.608. The van der Waals surface area contributed by atoms with Crippen LogP contribution in [-0.4, -0.2) is 22.3 Å².